The van der Waals surface area contributed by atoms with Gasteiger partial charge >= 0.3 is 6.18 Å². The van der Waals surface area contributed by atoms with E-state index in [-0.39, 0.29) is 5.69 Å². The zero-order chi connectivity index (χ0) is 8.48. The van der Waals surface area contributed by atoms with Crippen LogP contribution < -0.4 is 0 Å². The lowest BCUT2D eigenvalue weighted by atomic mass is 10.3. The molecule has 0 radical (unpaired) electrons. The van der Waals surface area contributed by atoms with Crippen molar-refractivity contribution >= 4 is 0 Å². The van der Waals surface area contributed by atoms with Crippen molar-refractivity contribution < 1.29 is 18.3 Å². The standard InChI is InChI=1S/C5H5F3N2O/c6-5(7,8)4(11)3-1-9-2-10-3/h1-2,4,11H,(H,9,10). The number of nitrogens with one attached hydrogen (secondary N) is 1. The minimum absolute atomic E-state index is 0.350. The molecular formula is C5H5F3N2O. The Bertz CT molecular complexity index is 218. The number of rotatable bonds is 1. The Balaban J connectivity index is 2.78. The Hall–Kier alpha value is -1.04. The summed E-state index contributed by atoms with van der Waals surface area (Å²) in [6.45, 7) is 0. The summed E-state index contributed by atoms with van der Waals surface area (Å²) in [6, 6.07) is 0. The predicted octanol–water partition coefficient (Wildman–Crippen LogP) is 1.01. The molecule has 3 nitrogen and oxygen atoms in total. The zero-order valence-corrected chi connectivity index (χ0v) is 5.26. The number of nitrogens with zero attached hydrogens (tertiary/aromatic N) is 1. The Morgan fingerprint density at radius 1 is 1.55 bits per heavy atom. The minimum Gasteiger partial charge on any atom is -0.378 e. The summed E-state index contributed by atoms with van der Waals surface area (Å²) >= 11 is 0. The summed E-state index contributed by atoms with van der Waals surface area (Å²) in [4.78, 5) is 5.50. The van der Waals surface area contributed by atoms with Gasteiger partial charge in [-0.3, -0.25) is 0 Å². The molecule has 2 N–H and O–H groups in total. The quantitative estimate of drug-likeness (QED) is 0.653. The highest BCUT2D eigenvalue weighted by Gasteiger charge is 2.40. The van der Waals surface area contributed by atoms with E-state index in [2.05, 4.69) is 9.97 Å². The van der Waals surface area contributed by atoms with Crippen LogP contribution in [0.15, 0.2) is 12.5 Å². The molecule has 1 unspecified atom stereocenters. The van der Waals surface area contributed by atoms with Crippen LogP contribution in [0.1, 0.15) is 11.8 Å². The van der Waals surface area contributed by atoms with Gasteiger partial charge in [-0.1, -0.05) is 0 Å². The van der Waals surface area contributed by atoms with Gasteiger partial charge in [0.15, 0.2) is 6.10 Å². The van der Waals surface area contributed by atoms with Gasteiger partial charge < -0.3 is 10.1 Å². The molecular weight excluding hydrogens is 161 g/mol. The molecule has 11 heavy (non-hydrogen) atoms. The molecule has 0 fully saturated rings. The molecule has 6 heteroatoms. The highest BCUT2D eigenvalue weighted by Crippen LogP contribution is 2.30. The number of H-pyrrole nitrogens is 1. The predicted molar refractivity (Wildman–Crippen MR) is 29.6 cm³/mol. The molecule has 0 aliphatic carbocycles. The molecule has 0 bridgehead atoms. The van der Waals surface area contributed by atoms with E-state index in [1.54, 1.807) is 0 Å². The van der Waals surface area contributed by atoms with Gasteiger partial charge in [-0.15, -0.1) is 0 Å². The van der Waals surface area contributed by atoms with Crippen LogP contribution in [0.4, 0.5) is 13.2 Å². The van der Waals surface area contributed by atoms with E-state index in [0.29, 0.717) is 0 Å². The van der Waals surface area contributed by atoms with Crippen molar-refractivity contribution in [3.63, 3.8) is 0 Å². The van der Waals surface area contributed by atoms with Crippen molar-refractivity contribution in [1.82, 2.24) is 9.97 Å². The minimum atomic E-state index is -4.63. The van der Waals surface area contributed by atoms with E-state index in [1.165, 1.54) is 0 Å². The van der Waals surface area contributed by atoms with Crippen LogP contribution in [-0.2, 0) is 0 Å². The summed E-state index contributed by atoms with van der Waals surface area (Å²) in [6.07, 6.45) is -5.10. The van der Waals surface area contributed by atoms with Crippen LogP contribution in [0.5, 0.6) is 0 Å². The van der Waals surface area contributed by atoms with Gasteiger partial charge in [0.2, 0.25) is 0 Å². The molecule has 0 aliphatic heterocycles. The summed E-state index contributed by atoms with van der Waals surface area (Å²) in [5, 5.41) is 8.55. The van der Waals surface area contributed by atoms with Crippen molar-refractivity contribution in [1.29, 1.82) is 0 Å². The fourth-order valence-electron chi connectivity index (χ4n) is 0.592. The number of aliphatic hydroxyl groups excluding tert-OH is 1. The number of halogens is 3. The fraction of sp³-hybridized carbons (Fsp3) is 0.400. The second-order valence-corrected chi connectivity index (χ2v) is 1.95. The van der Waals surface area contributed by atoms with Gasteiger partial charge in [-0.2, -0.15) is 13.2 Å². The number of hydrogen-bond donors (Lipinski definition) is 2. The number of aliphatic hydroxyl groups is 1. The van der Waals surface area contributed by atoms with Gasteiger partial charge in [0, 0.05) is 0 Å². The second kappa shape index (κ2) is 2.54. The smallest absolute Gasteiger partial charge is 0.378 e. The number of hydrogen-bond acceptors (Lipinski definition) is 2. The number of aromatic nitrogens is 2. The summed E-state index contributed by atoms with van der Waals surface area (Å²) < 4.78 is 35.1. The van der Waals surface area contributed by atoms with Crippen molar-refractivity contribution in [2.75, 3.05) is 0 Å². The highest BCUT2D eigenvalue weighted by atomic mass is 19.4. The maximum absolute atomic E-state index is 11.7. The molecule has 0 aromatic carbocycles. The van der Waals surface area contributed by atoms with Crippen LogP contribution in [0.2, 0.25) is 0 Å². The van der Waals surface area contributed by atoms with Gasteiger partial charge in [-0.25, -0.2) is 4.98 Å². The third-order valence-corrected chi connectivity index (χ3v) is 1.12. The molecule has 1 aromatic rings. The molecule has 1 aromatic heterocycles. The lowest BCUT2D eigenvalue weighted by Gasteiger charge is -2.11. The van der Waals surface area contributed by atoms with E-state index in [1.807, 2.05) is 0 Å². The van der Waals surface area contributed by atoms with Crippen molar-refractivity contribution in [2.24, 2.45) is 0 Å². The fourth-order valence-corrected chi connectivity index (χ4v) is 0.592. The normalized spacial score (nSPS) is 14.9. The van der Waals surface area contributed by atoms with E-state index < -0.39 is 12.3 Å². The van der Waals surface area contributed by atoms with Crippen molar-refractivity contribution in [3.05, 3.63) is 18.2 Å². The number of aromatic amines is 1. The van der Waals surface area contributed by atoms with Crippen LogP contribution in [0.3, 0.4) is 0 Å². The van der Waals surface area contributed by atoms with E-state index in [0.717, 1.165) is 12.5 Å². The maximum Gasteiger partial charge on any atom is 0.420 e. The maximum atomic E-state index is 11.7. The van der Waals surface area contributed by atoms with Crippen LogP contribution in [-0.4, -0.2) is 21.3 Å². The number of imidazole rings is 1. The zero-order valence-electron chi connectivity index (χ0n) is 5.26. The average molecular weight is 166 g/mol. The second-order valence-electron chi connectivity index (χ2n) is 1.95. The third kappa shape index (κ3) is 1.70. The molecule has 0 aliphatic rings. The first-order valence-electron chi connectivity index (χ1n) is 2.75. The molecule has 1 rings (SSSR count). The molecule has 1 heterocycles. The van der Waals surface area contributed by atoms with E-state index in [4.69, 9.17) is 5.11 Å². The molecule has 0 saturated carbocycles. The monoisotopic (exact) mass is 166 g/mol. The average Bonchev–Trinajstić information content (AvgIpc) is 2.34. The van der Waals surface area contributed by atoms with Gasteiger partial charge in [0.25, 0.3) is 0 Å². The Labute approximate surface area is 59.9 Å². The van der Waals surface area contributed by atoms with Crippen LogP contribution in [0.25, 0.3) is 0 Å². The lowest BCUT2D eigenvalue weighted by Crippen LogP contribution is -2.20. The first kappa shape index (κ1) is 8.06. The molecule has 0 spiro atoms. The Kier molecular flexibility index (Phi) is 1.86. The molecule has 0 amide bonds. The summed E-state index contributed by atoms with van der Waals surface area (Å²) in [5.41, 5.74) is -0.350. The molecule has 62 valence electrons. The summed E-state index contributed by atoms with van der Waals surface area (Å²) in [5.74, 6) is 0. The topological polar surface area (TPSA) is 48.9 Å². The van der Waals surface area contributed by atoms with Gasteiger partial charge in [0.1, 0.15) is 0 Å². The van der Waals surface area contributed by atoms with E-state index >= 15 is 0 Å². The van der Waals surface area contributed by atoms with Crippen molar-refractivity contribution in [2.45, 2.75) is 12.3 Å². The first-order valence-corrected chi connectivity index (χ1v) is 2.75. The summed E-state index contributed by atoms with van der Waals surface area (Å²) in [7, 11) is 0. The SMILES string of the molecule is OC(c1cnc[nH]1)C(F)(F)F. The lowest BCUT2D eigenvalue weighted by molar-refractivity contribution is -0.207. The van der Waals surface area contributed by atoms with Crippen molar-refractivity contribution in [3.8, 4) is 0 Å². The third-order valence-electron chi connectivity index (χ3n) is 1.12. The van der Waals surface area contributed by atoms with Gasteiger partial charge in [-0.05, 0) is 0 Å². The largest absolute Gasteiger partial charge is 0.420 e. The first-order chi connectivity index (χ1) is 5.02. The molecule has 1 atom stereocenters. The number of alkyl halides is 3. The highest BCUT2D eigenvalue weighted by molar-refractivity contribution is 5.01. The Morgan fingerprint density at radius 3 is 2.55 bits per heavy atom. The van der Waals surface area contributed by atoms with Crippen LogP contribution >= 0.6 is 0 Å². The Morgan fingerprint density at radius 2 is 2.18 bits per heavy atom. The van der Waals surface area contributed by atoms with Gasteiger partial charge in [0.05, 0.1) is 18.2 Å². The van der Waals surface area contributed by atoms with Crippen LogP contribution in [0, 0.1) is 0 Å². The van der Waals surface area contributed by atoms with E-state index in [9.17, 15) is 13.2 Å². The molecule has 0 saturated heterocycles.